The van der Waals surface area contributed by atoms with E-state index in [0.717, 1.165) is 22.3 Å². The van der Waals surface area contributed by atoms with Gasteiger partial charge in [0.2, 0.25) is 0 Å². The van der Waals surface area contributed by atoms with E-state index in [2.05, 4.69) is 17.4 Å². The Kier molecular flexibility index (Phi) is 9.17. The molecule has 0 fully saturated rings. The van der Waals surface area contributed by atoms with Gasteiger partial charge in [-0.15, -0.1) is 0 Å². The Hall–Kier alpha value is -3.13. The lowest BCUT2D eigenvalue weighted by atomic mass is 9.98. The normalized spacial score (nSPS) is 12.7. The molecule has 1 N–H and O–H groups in total. The van der Waals surface area contributed by atoms with Crippen molar-refractivity contribution in [2.24, 2.45) is 0 Å². The van der Waals surface area contributed by atoms with Gasteiger partial charge in [0.05, 0.1) is 21.1 Å². The van der Waals surface area contributed by atoms with Gasteiger partial charge in [-0.05, 0) is 27.8 Å². The maximum atomic E-state index is 13.0. The maximum absolute atomic E-state index is 13.0. The van der Waals surface area contributed by atoms with Crippen LogP contribution in [0.25, 0.3) is 11.1 Å². The van der Waals surface area contributed by atoms with Crippen LogP contribution in [0.5, 0.6) is 5.75 Å². The van der Waals surface area contributed by atoms with E-state index in [0.29, 0.717) is 5.56 Å². The van der Waals surface area contributed by atoms with E-state index < -0.39 is 18.3 Å². The Bertz CT molecular complexity index is 1540. The molecule has 1 aliphatic rings. The largest absolute Gasteiger partial charge is 0.514 e. The fourth-order valence-corrected chi connectivity index (χ4v) is 5.83. The molecule has 210 valence electrons. The van der Waals surface area contributed by atoms with Crippen molar-refractivity contribution in [2.45, 2.75) is 12.0 Å². The van der Waals surface area contributed by atoms with E-state index in [1.54, 1.807) is 24.3 Å². The van der Waals surface area contributed by atoms with Crippen molar-refractivity contribution in [3.63, 3.8) is 0 Å². The standard InChI is InChI=1S/C30H20Cl5NO5/c31-23-24(32)26(34)28(27(35)25(23)33)41-30(38)40-15-22(16-8-2-1-3-9-16)36-29(37)39-14-21-19-12-6-4-10-17(19)18-11-5-7-13-20(18)21/h1-13,21-22H,14-15H2,(H,36,37)/t22-/m1/s1. The number of alkyl carbamates (subject to hydrolysis) is 1. The fourth-order valence-electron chi connectivity index (χ4n) is 4.63. The van der Waals surface area contributed by atoms with E-state index in [4.69, 9.17) is 72.2 Å². The van der Waals surface area contributed by atoms with E-state index in [-0.39, 0.29) is 50.0 Å². The summed E-state index contributed by atoms with van der Waals surface area (Å²) in [5.41, 5.74) is 5.09. The first-order chi connectivity index (χ1) is 19.8. The fraction of sp³-hybridized carbons (Fsp3) is 0.133. The van der Waals surface area contributed by atoms with Crippen LogP contribution in [-0.4, -0.2) is 25.5 Å². The molecule has 5 rings (SSSR count). The Labute approximate surface area is 261 Å². The minimum absolute atomic E-state index is 0.0829. The summed E-state index contributed by atoms with van der Waals surface area (Å²) in [6, 6.07) is 24.3. The van der Waals surface area contributed by atoms with Gasteiger partial charge in [0.25, 0.3) is 0 Å². The molecule has 1 atom stereocenters. The molecule has 1 amide bonds. The number of ether oxygens (including phenoxy) is 3. The molecule has 4 aromatic rings. The number of nitrogens with one attached hydrogen (secondary N) is 1. The molecular formula is C30H20Cl5NO5. The summed E-state index contributed by atoms with van der Waals surface area (Å²) in [5, 5.41) is 2.00. The molecule has 1 aliphatic carbocycles. The highest BCUT2D eigenvalue weighted by atomic mass is 35.5. The van der Waals surface area contributed by atoms with Crippen molar-refractivity contribution in [1.29, 1.82) is 0 Å². The van der Waals surface area contributed by atoms with Gasteiger partial charge in [0.15, 0.2) is 5.75 Å². The lowest BCUT2D eigenvalue weighted by Crippen LogP contribution is -2.33. The highest BCUT2D eigenvalue weighted by molar-refractivity contribution is 6.55. The SMILES string of the molecule is O=C(N[C@H](COC(=O)Oc1c(Cl)c(Cl)c(Cl)c(Cl)c1Cl)c1ccccc1)OCC1c2ccccc2-c2ccccc21. The average Bonchev–Trinajstić information content (AvgIpc) is 3.32. The zero-order chi connectivity index (χ0) is 29.1. The first kappa shape index (κ1) is 29.4. The molecular weight excluding hydrogens is 632 g/mol. The molecule has 11 heteroatoms. The average molecular weight is 652 g/mol. The molecule has 0 radical (unpaired) electrons. The van der Waals surface area contributed by atoms with Crippen LogP contribution in [0.3, 0.4) is 0 Å². The van der Waals surface area contributed by atoms with Crippen molar-refractivity contribution < 1.29 is 23.8 Å². The minimum Gasteiger partial charge on any atom is -0.449 e. The topological polar surface area (TPSA) is 73.9 Å². The molecule has 0 bridgehead atoms. The number of carbonyl (C=O) groups excluding carboxylic acids is 2. The molecule has 4 aromatic carbocycles. The first-order valence-corrected chi connectivity index (χ1v) is 14.2. The number of fused-ring (bicyclic) bond motifs is 3. The van der Waals surface area contributed by atoms with Crippen LogP contribution in [0, 0.1) is 0 Å². The summed E-state index contributed by atoms with van der Waals surface area (Å²) < 4.78 is 16.1. The van der Waals surface area contributed by atoms with E-state index >= 15 is 0 Å². The van der Waals surface area contributed by atoms with Gasteiger partial charge in [-0.1, -0.05) is 137 Å². The van der Waals surface area contributed by atoms with Crippen LogP contribution >= 0.6 is 58.0 Å². The van der Waals surface area contributed by atoms with Crippen LogP contribution in [-0.2, 0) is 9.47 Å². The molecule has 0 saturated heterocycles. The maximum Gasteiger partial charge on any atom is 0.514 e. The third-order valence-corrected chi connectivity index (χ3v) is 8.80. The molecule has 0 heterocycles. The Morgan fingerprint density at radius 2 is 1.20 bits per heavy atom. The molecule has 0 unspecified atom stereocenters. The van der Waals surface area contributed by atoms with Crippen molar-refractivity contribution in [3.05, 3.63) is 121 Å². The third kappa shape index (κ3) is 6.22. The summed E-state index contributed by atoms with van der Waals surface area (Å²) >= 11 is 30.3. The third-order valence-electron chi connectivity index (χ3n) is 6.56. The van der Waals surface area contributed by atoms with E-state index in [1.807, 2.05) is 42.5 Å². The number of carbonyl (C=O) groups is 2. The lowest BCUT2D eigenvalue weighted by molar-refractivity contribution is 0.0851. The zero-order valence-electron chi connectivity index (χ0n) is 21.0. The predicted octanol–water partition coefficient (Wildman–Crippen LogP) is 9.75. The Morgan fingerprint density at radius 3 is 1.78 bits per heavy atom. The second kappa shape index (κ2) is 12.8. The lowest BCUT2D eigenvalue weighted by Gasteiger charge is -2.20. The van der Waals surface area contributed by atoms with E-state index in [9.17, 15) is 9.59 Å². The van der Waals surface area contributed by atoms with Crippen LogP contribution in [0.4, 0.5) is 9.59 Å². The zero-order valence-corrected chi connectivity index (χ0v) is 24.8. The highest BCUT2D eigenvalue weighted by Crippen LogP contribution is 2.48. The van der Waals surface area contributed by atoms with Gasteiger partial charge in [0, 0.05) is 5.92 Å². The molecule has 0 saturated carbocycles. The van der Waals surface area contributed by atoms with Gasteiger partial charge < -0.3 is 19.5 Å². The number of hydrogen-bond acceptors (Lipinski definition) is 5. The van der Waals surface area contributed by atoms with Gasteiger partial charge in [-0.3, -0.25) is 0 Å². The predicted molar refractivity (Wildman–Crippen MR) is 161 cm³/mol. The number of rotatable bonds is 7. The summed E-state index contributed by atoms with van der Waals surface area (Å²) in [4.78, 5) is 25.5. The summed E-state index contributed by atoms with van der Waals surface area (Å²) in [5.74, 6) is -0.416. The van der Waals surface area contributed by atoms with Crippen LogP contribution in [0.2, 0.25) is 25.1 Å². The summed E-state index contributed by atoms with van der Waals surface area (Å²) in [7, 11) is 0. The smallest absolute Gasteiger partial charge is 0.449 e. The van der Waals surface area contributed by atoms with Gasteiger partial charge in [-0.2, -0.15) is 0 Å². The number of halogens is 5. The molecule has 0 aromatic heterocycles. The Morgan fingerprint density at radius 1 is 0.683 bits per heavy atom. The van der Waals surface area contributed by atoms with Crippen molar-refractivity contribution in [1.82, 2.24) is 5.32 Å². The minimum atomic E-state index is -1.15. The first-order valence-electron chi connectivity index (χ1n) is 12.3. The molecule has 0 spiro atoms. The van der Waals surface area contributed by atoms with Crippen LogP contribution in [0.15, 0.2) is 78.9 Å². The monoisotopic (exact) mass is 649 g/mol. The summed E-state index contributed by atoms with van der Waals surface area (Å²) in [6.07, 6.45) is -1.83. The second-order valence-electron chi connectivity index (χ2n) is 9.00. The quantitative estimate of drug-likeness (QED) is 0.0932. The highest BCUT2D eigenvalue weighted by Gasteiger charge is 2.30. The van der Waals surface area contributed by atoms with Crippen molar-refractivity contribution >= 4 is 70.3 Å². The summed E-state index contributed by atoms with van der Waals surface area (Å²) in [6.45, 7) is -0.170. The van der Waals surface area contributed by atoms with Gasteiger partial charge in [-0.25, -0.2) is 9.59 Å². The van der Waals surface area contributed by atoms with Gasteiger partial charge in [0.1, 0.15) is 23.3 Å². The number of hydrogen-bond donors (Lipinski definition) is 1. The van der Waals surface area contributed by atoms with Crippen molar-refractivity contribution in [3.8, 4) is 16.9 Å². The van der Waals surface area contributed by atoms with Crippen LogP contribution < -0.4 is 10.1 Å². The van der Waals surface area contributed by atoms with Crippen LogP contribution in [0.1, 0.15) is 28.7 Å². The number of benzene rings is 4. The number of amides is 1. The second-order valence-corrected chi connectivity index (χ2v) is 10.9. The Balaban J connectivity index is 1.26. The van der Waals surface area contributed by atoms with Gasteiger partial charge >= 0.3 is 12.2 Å². The molecule has 6 nitrogen and oxygen atoms in total. The molecule has 0 aliphatic heterocycles. The van der Waals surface area contributed by atoms with Crippen molar-refractivity contribution in [2.75, 3.05) is 13.2 Å². The van der Waals surface area contributed by atoms with E-state index in [1.165, 1.54) is 0 Å². The molecule has 41 heavy (non-hydrogen) atoms.